The van der Waals surface area contributed by atoms with E-state index < -0.39 is 0 Å². The number of benzene rings is 1. The molecule has 0 aromatic heterocycles. The van der Waals surface area contributed by atoms with Crippen LogP contribution in [0, 0.1) is 10.1 Å². The minimum Gasteiger partial charge on any atom is -0.496 e. The standard InChI is InChI=1S/C14H21N3O3.ClH/c1-16(12-5-7-15-8-6-12)10-11-9-13(17(18)19)3-4-14(11)20-2;/h3-4,9,12,15H,5-8,10H2,1-2H3;1H. The van der Waals surface area contributed by atoms with E-state index in [1.165, 1.54) is 6.07 Å². The lowest BCUT2D eigenvalue weighted by Gasteiger charge is -2.31. The number of rotatable bonds is 5. The highest BCUT2D eigenvalue weighted by Crippen LogP contribution is 2.26. The Labute approximate surface area is 131 Å². The zero-order chi connectivity index (χ0) is 14.5. The first kappa shape index (κ1) is 17.7. The first-order valence-electron chi connectivity index (χ1n) is 6.84. The van der Waals surface area contributed by atoms with Gasteiger partial charge in [-0.15, -0.1) is 12.4 Å². The Hall–Kier alpha value is -1.37. The second-order valence-corrected chi connectivity index (χ2v) is 5.15. The number of halogens is 1. The third-order valence-electron chi connectivity index (χ3n) is 3.83. The van der Waals surface area contributed by atoms with Crippen molar-refractivity contribution in [2.75, 3.05) is 27.2 Å². The highest BCUT2D eigenvalue weighted by atomic mass is 35.5. The molecule has 2 rings (SSSR count). The first-order chi connectivity index (χ1) is 9.61. The lowest BCUT2D eigenvalue weighted by atomic mass is 10.0. The van der Waals surface area contributed by atoms with E-state index in [0.29, 0.717) is 18.3 Å². The van der Waals surface area contributed by atoms with Gasteiger partial charge in [-0.25, -0.2) is 0 Å². The van der Waals surface area contributed by atoms with Crippen molar-refractivity contribution in [3.8, 4) is 5.75 Å². The van der Waals surface area contributed by atoms with Gasteiger partial charge in [-0.3, -0.25) is 15.0 Å². The van der Waals surface area contributed by atoms with Crippen LogP contribution < -0.4 is 10.1 Å². The molecule has 0 saturated carbocycles. The molecule has 6 nitrogen and oxygen atoms in total. The van der Waals surface area contributed by atoms with Crippen molar-refractivity contribution in [3.63, 3.8) is 0 Å². The van der Waals surface area contributed by atoms with Gasteiger partial charge < -0.3 is 10.1 Å². The van der Waals surface area contributed by atoms with Crippen molar-refractivity contribution in [2.45, 2.75) is 25.4 Å². The van der Waals surface area contributed by atoms with E-state index >= 15 is 0 Å². The van der Waals surface area contributed by atoms with Crippen molar-refractivity contribution in [1.29, 1.82) is 0 Å². The summed E-state index contributed by atoms with van der Waals surface area (Å²) in [7, 11) is 3.66. The molecule has 1 saturated heterocycles. The van der Waals surface area contributed by atoms with Crippen LogP contribution in [0.1, 0.15) is 18.4 Å². The Bertz CT molecular complexity index is 479. The number of nitrogens with one attached hydrogen (secondary N) is 1. The van der Waals surface area contributed by atoms with Gasteiger partial charge in [-0.05, 0) is 39.0 Å². The van der Waals surface area contributed by atoms with Gasteiger partial charge in [0.25, 0.3) is 5.69 Å². The molecule has 0 unspecified atom stereocenters. The second kappa shape index (κ2) is 8.17. The van der Waals surface area contributed by atoms with Gasteiger partial charge in [0.15, 0.2) is 0 Å². The van der Waals surface area contributed by atoms with Crippen molar-refractivity contribution in [1.82, 2.24) is 10.2 Å². The number of piperidine rings is 1. The van der Waals surface area contributed by atoms with Crippen LogP contribution in [0.5, 0.6) is 5.75 Å². The van der Waals surface area contributed by atoms with Gasteiger partial charge in [0, 0.05) is 30.3 Å². The SMILES string of the molecule is COc1ccc([N+](=O)[O-])cc1CN(C)C1CCNCC1.Cl. The lowest BCUT2D eigenvalue weighted by molar-refractivity contribution is -0.385. The second-order valence-electron chi connectivity index (χ2n) is 5.15. The molecule has 1 aromatic rings. The molecule has 1 fully saturated rings. The van der Waals surface area contributed by atoms with Crippen molar-refractivity contribution in [3.05, 3.63) is 33.9 Å². The largest absolute Gasteiger partial charge is 0.496 e. The van der Waals surface area contributed by atoms with Gasteiger partial charge >= 0.3 is 0 Å². The summed E-state index contributed by atoms with van der Waals surface area (Å²) in [5.74, 6) is 0.705. The summed E-state index contributed by atoms with van der Waals surface area (Å²) in [6.07, 6.45) is 2.21. The first-order valence-corrected chi connectivity index (χ1v) is 6.84. The molecule has 0 amide bonds. The quantitative estimate of drug-likeness (QED) is 0.666. The van der Waals surface area contributed by atoms with Gasteiger partial charge in [-0.1, -0.05) is 0 Å². The predicted octanol–water partition coefficient (Wildman–Crippen LogP) is 2.21. The van der Waals surface area contributed by atoms with Crippen LogP contribution in [0.4, 0.5) is 5.69 Å². The van der Waals surface area contributed by atoms with Crippen molar-refractivity contribution in [2.24, 2.45) is 0 Å². The Morgan fingerprint density at radius 1 is 1.43 bits per heavy atom. The van der Waals surface area contributed by atoms with Crippen LogP contribution in [0.3, 0.4) is 0 Å². The molecule has 1 heterocycles. The Morgan fingerprint density at radius 2 is 2.10 bits per heavy atom. The smallest absolute Gasteiger partial charge is 0.270 e. The van der Waals surface area contributed by atoms with Crippen LogP contribution in [-0.4, -0.2) is 43.1 Å². The van der Waals surface area contributed by atoms with Crippen molar-refractivity contribution < 1.29 is 9.66 Å². The number of hydrogen-bond acceptors (Lipinski definition) is 5. The number of nitrogens with zero attached hydrogens (tertiary/aromatic N) is 2. The van der Waals surface area contributed by atoms with E-state index in [-0.39, 0.29) is 23.0 Å². The number of methoxy groups -OCH3 is 1. The van der Waals surface area contributed by atoms with Gasteiger partial charge in [0.1, 0.15) is 5.75 Å². The summed E-state index contributed by atoms with van der Waals surface area (Å²) in [6, 6.07) is 5.27. The van der Waals surface area contributed by atoms with Gasteiger partial charge in [-0.2, -0.15) is 0 Å². The number of non-ortho nitro benzene ring substituents is 1. The molecule has 0 bridgehead atoms. The Morgan fingerprint density at radius 3 is 2.67 bits per heavy atom. The van der Waals surface area contributed by atoms with E-state index in [2.05, 4.69) is 17.3 Å². The third kappa shape index (κ3) is 4.56. The molecule has 1 aromatic carbocycles. The molecule has 1 aliphatic heterocycles. The number of hydrogen-bond donors (Lipinski definition) is 1. The molecular formula is C14H22ClN3O3. The average Bonchev–Trinajstić information content (AvgIpc) is 2.48. The Balaban J connectivity index is 0.00000220. The maximum atomic E-state index is 10.9. The predicted molar refractivity (Wildman–Crippen MR) is 84.3 cm³/mol. The van der Waals surface area contributed by atoms with E-state index in [4.69, 9.17) is 4.74 Å². The van der Waals surface area contributed by atoms with Crippen LogP contribution in [0.2, 0.25) is 0 Å². The summed E-state index contributed by atoms with van der Waals surface area (Å²) < 4.78 is 5.31. The monoisotopic (exact) mass is 315 g/mol. The summed E-state index contributed by atoms with van der Waals surface area (Å²) in [5, 5.41) is 14.2. The topological polar surface area (TPSA) is 67.6 Å². The maximum absolute atomic E-state index is 10.9. The minimum atomic E-state index is -0.368. The number of ether oxygens (including phenoxy) is 1. The maximum Gasteiger partial charge on any atom is 0.270 e. The summed E-state index contributed by atoms with van der Waals surface area (Å²) in [6.45, 7) is 2.72. The normalized spacial score (nSPS) is 15.6. The number of nitro groups is 1. The third-order valence-corrected chi connectivity index (χ3v) is 3.83. The van der Waals surface area contributed by atoms with E-state index in [9.17, 15) is 10.1 Å². The molecule has 1 N–H and O–H groups in total. The molecule has 21 heavy (non-hydrogen) atoms. The van der Waals surface area contributed by atoms with Crippen molar-refractivity contribution >= 4 is 18.1 Å². The zero-order valence-electron chi connectivity index (χ0n) is 12.4. The van der Waals surface area contributed by atoms with Crippen LogP contribution in [0.15, 0.2) is 18.2 Å². The van der Waals surface area contributed by atoms with Crippen LogP contribution in [-0.2, 0) is 6.54 Å². The molecule has 1 aliphatic rings. The molecule has 0 radical (unpaired) electrons. The fraction of sp³-hybridized carbons (Fsp3) is 0.571. The molecule has 0 aliphatic carbocycles. The van der Waals surface area contributed by atoms with Gasteiger partial charge in [0.2, 0.25) is 0 Å². The Kier molecular flexibility index (Phi) is 6.87. The van der Waals surface area contributed by atoms with Gasteiger partial charge in [0.05, 0.1) is 12.0 Å². The fourth-order valence-corrected chi connectivity index (χ4v) is 2.65. The highest BCUT2D eigenvalue weighted by molar-refractivity contribution is 5.85. The zero-order valence-corrected chi connectivity index (χ0v) is 13.2. The fourth-order valence-electron chi connectivity index (χ4n) is 2.65. The average molecular weight is 316 g/mol. The summed E-state index contributed by atoms with van der Waals surface area (Å²) >= 11 is 0. The number of nitro benzene ring substituents is 1. The molecule has 118 valence electrons. The van der Waals surface area contributed by atoms with Crippen LogP contribution >= 0.6 is 12.4 Å². The molecule has 0 atom stereocenters. The summed E-state index contributed by atoms with van der Waals surface area (Å²) in [4.78, 5) is 12.8. The van der Waals surface area contributed by atoms with E-state index in [0.717, 1.165) is 31.5 Å². The molecule has 7 heteroatoms. The summed E-state index contributed by atoms with van der Waals surface area (Å²) in [5.41, 5.74) is 0.974. The molecule has 0 spiro atoms. The van der Waals surface area contributed by atoms with E-state index in [1.807, 2.05) is 0 Å². The lowest BCUT2D eigenvalue weighted by Crippen LogP contribution is -2.40. The van der Waals surface area contributed by atoms with E-state index in [1.54, 1.807) is 19.2 Å². The minimum absolute atomic E-state index is 0. The molecular weight excluding hydrogens is 294 g/mol. The van der Waals surface area contributed by atoms with Crippen LogP contribution in [0.25, 0.3) is 0 Å². The highest BCUT2D eigenvalue weighted by Gasteiger charge is 2.20.